The van der Waals surface area contributed by atoms with Crippen molar-refractivity contribution in [3.63, 3.8) is 0 Å². The van der Waals surface area contributed by atoms with Gasteiger partial charge in [-0.1, -0.05) is 87.4 Å². The van der Waals surface area contributed by atoms with Gasteiger partial charge in [0.2, 0.25) is 0 Å². The molecule has 3 nitrogen and oxygen atoms in total. The molecule has 0 saturated heterocycles. The minimum absolute atomic E-state index is 0.0582. The van der Waals surface area contributed by atoms with Gasteiger partial charge in [-0.2, -0.15) is 0 Å². The molecule has 0 radical (unpaired) electrons. The molecule has 0 aliphatic heterocycles. The van der Waals surface area contributed by atoms with E-state index in [9.17, 15) is 9.90 Å². The number of carboxylic acids is 1. The van der Waals surface area contributed by atoms with Crippen molar-refractivity contribution in [2.45, 2.75) is 71.3 Å². The van der Waals surface area contributed by atoms with Crippen LogP contribution in [0.5, 0.6) is 0 Å². The van der Waals surface area contributed by atoms with Crippen molar-refractivity contribution in [3.8, 4) is 0 Å². The molecule has 0 aromatic heterocycles. The number of allylic oxidation sites excluding steroid dienone is 9. The molecular weight excluding hydrogens is 324 g/mol. The third kappa shape index (κ3) is 17.0. The van der Waals surface area contributed by atoms with Gasteiger partial charge in [0, 0.05) is 6.42 Å². The number of carbonyl (C=O) groups is 1. The van der Waals surface area contributed by atoms with Gasteiger partial charge in [0.15, 0.2) is 0 Å². The summed E-state index contributed by atoms with van der Waals surface area (Å²) in [5.41, 5.74) is 0. The lowest BCUT2D eigenvalue weighted by Crippen LogP contribution is -2.15. The zero-order valence-corrected chi connectivity index (χ0v) is 16.4. The van der Waals surface area contributed by atoms with Crippen LogP contribution >= 0.6 is 0 Å². The first-order chi connectivity index (χ1) is 12.6. The highest BCUT2D eigenvalue weighted by molar-refractivity contribution is 5.66. The molecule has 0 spiro atoms. The van der Waals surface area contributed by atoms with Crippen LogP contribution in [0.25, 0.3) is 0 Å². The van der Waals surface area contributed by atoms with E-state index in [4.69, 9.17) is 5.11 Å². The molecule has 0 rings (SSSR count). The van der Waals surface area contributed by atoms with E-state index in [0.717, 1.165) is 12.8 Å². The van der Waals surface area contributed by atoms with Gasteiger partial charge in [0.25, 0.3) is 0 Å². The Hall–Kier alpha value is -1.87. The van der Waals surface area contributed by atoms with Crippen molar-refractivity contribution in [2.75, 3.05) is 0 Å². The van der Waals surface area contributed by atoms with E-state index in [0.29, 0.717) is 6.42 Å². The largest absolute Gasteiger partial charge is 0.481 e. The first-order valence-electron chi connectivity index (χ1n) is 9.77. The van der Waals surface area contributed by atoms with E-state index in [1.165, 1.54) is 25.7 Å². The van der Waals surface area contributed by atoms with Gasteiger partial charge in [-0.15, -0.1) is 0 Å². The molecule has 2 N–H and O–H groups in total. The van der Waals surface area contributed by atoms with Crippen molar-refractivity contribution < 1.29 is 15.0 Å². The number of rotatable bonds is 15. The van der Waals surface area contributed by atoms with Gasteiger partial charge in [-0.3, -0.25) is 4.79 Å². The van der Waals surface area contributed by atoms with Crippen LogP contribution in [0.1, 0.15) is 65.2 Å². The van der Waals surface area contributed by atoms with Gasteiger partial charge in [-0.25, -0.2) is 0 Å². The Bertz CT molecular complexity index is 484. The van der Waals surface area contributed by atoms with Gasteiger partial charge >= 0.3 is 5.97 Å². The molecule has 2 atom stereocenters. The van der Waals surface area contributed by atoms with Crippen molar-refractivity contribution in [1.29, 1.82) is 0 Å². The highest BCUT2D eigenvalue weighted by Crippen LogP contribution is 2.11. The van der Waals surface area contributed by atoms with Crippen LogP contribution in [0.15, 0.2) is 60.8 Å². The summed E-state index contributed by atoms with van der Waals surface area (Å²) in [6.45, 7) is 4.08. The van der Waals surface area contributed by atoms with E-state index in [-0.39, 0.29) is 12.3 Å². The molecule has 0 aliphatic carbocycles. The van der Waals surface area contributed by atoms with Crippen LogP contribution in [0.2, 0.25) is 0 Å². The average Bonchev–Trinajstić information content (AvgIpc) is 2.62. The zero-order chi connectivity index (χ0) is 19.5. The van der Waals surface area contributed by atoms with E-state index >= 15 is 0 Å². The molecule has 146 valence electrons. The van der Waals surface area contributed by atoms with Crippen LogP contribution in [0.4, 0.5) is 0 Å². The van der Waals surface area contributed by atoms with Crippen LogP contribution in [-0.4, -0.2) is 22.3 Å². The summed E-state index contributed by atoms with van der Waals surface area (Å²) >= 11 is 0. The second-order valence-electron chi connectivity index (χ2n) is 6.51. The number of unbranched alkanes of at least 4 members (excludes halogenated alkanes) is 3. The minimum atomic E-state index is -0.824. The lowest BCUT2D eigenvalue weighted by atomic mass is 9.98. The van der Waals surface area contributed by atoms with Gasteiger partial charge in [0.1, 0.15) is 0 Å². The molecular formula is C23H36O3. The standard InChI is InChI=1S/C23H36O3/c1-3-4-5-6-7-8-9-10-11-12-13-14-15-16-17-18-22(24)21(2)19-20-23(25)26/h7-8,10-11,13-18,21-22,24H,3-6,9,12,19-20H2,1-2H3,(H,25,26)/b8-7-,11-10-,14-13-,16-15+,18-17+/t21-,22?/m0/s1. The average molecular weight is 361 g/mol. The highest BCUT2D eigenvalue weighted by Gasteiger charge is 2.12. The van der Waals surface area contributed by atoms with Crippen LogP contribution in [0, 0.1) is 5.92 Å². The SMILES string of the molecule is CCCCC/C=C\C/C=C\C\C=C/C=C/C=C/C(O)[C@@H](C)CCC(=O)O. The Balaban J connectivity index is 3.80. The van der Waals surface area contributed by atoms with Gasteiger partial charge < -0.3 is 10.2 Å². The van der Waals surface area contributed by atoms with Crippen molar-refractivity contribution >= 4 is 5.97 Å². The van der Waals surface area contributed by atoms with Crippen LogP contribution in [0.3, 0.4) is 0 Å². The highest BCUT2D eigenvalue weighted by atomic mass is 16.4. The summed E-state index contributed by atoms with van der Waals surface area (Å²) in [6, 6.07) is 0. The molecule has 3 heteroatoms. The van der Waals surface area contributed by atoms with Crippen LogP contribution in [-0.2, 0) is 4.79 Å². The first-order valence-corrected chi connectivity index (χ1v) is 9.77. The van der Waals surface area contributed by atoms with E-state index in [1.54, 1.807) is 12.2 Å². The smallest absolute Gasteiger partial charge is 0.303 e. The summed E-state index contributed by atoms with van der Waals surface area (Å²) in [5, 5.41) is 18.5. The molecule has 0 fully saturated rings. The predicted molar refractivity (Wildman–Crippen MR) is 111 cm³/mol. The Labute approximate surface area is 159 Å². The maximum atomic E-state index is 10.5. The number of hydrogen-bond acceptors (Lipinski definition) is 2. The second kappa shape index (κ2) is 17.9. The predicted octanol–water partition coefficient (Wildman–Crippen LogP) is 5.99. The second-order valence-corrected chi connectivity index (χ2v) is 6.51. The number of aliphatic hydroxyl groups is 1. The monoisotopic (exact) mass is 360 g/mol. The lowest BCUT2D eigenvalue weighted by Gasteiger charge is -2.13. The van der Waals surface area contributed by atoms with Crippen LogP contribution < -0.4 is 0 Å². The fourth-order valence-electron chi connectivity index (χ4n) is 2.25. The van der Waals surface area contributed by atoms with E-state index < -0.39 is 12.1 Å². The van der Waals surface area contributed by atoms with Crippen molar-refractivity contribution in [1.82, 2.24) is 0 Å². The third-order valence-corrected chi connectivity index (χ3v) is 4.03. The fraction of sp³-hybridized carbons (Fsp3) is 0.522. The molecule has 1 unspecified atom stereocenters. The molecule has 0 aromatic rings. The third-order valence-electron chi connectivity index (χ3n) is 4.03. The fourth-order valence-corrected chi connectivity index (χ4v) is 2.25. The maximum absolute atomic E-state index is 10.5. The summed E-state index contributed by atoms with van der Waals surface area (Å²) in [6.07, 6.45) is 27.1. The molecule has 0 heterocycles. The van der Waals surface area contributed by atoms with E-state index in [2.05, 4.69) is 37.3 Å². The van der Waals surface area contributed by atoms with Crippen molar-refractivity contribution in [3.05, 3.63) is 60.8 Å². The summed E-state index contributed by atoms with van der Waals surface area (Å²) < 4.78 is 0. The Morgan fingerprint density at radius 2 is 1.58 bits per heavy atom. The Kier molecular flexibility index (Phi) is 16.6. The van der Waals surface area contributed by atoms with Gasteiger partial charge in [0.05, 0.1) is 6.10 Å². The van der Waals surface area contributed by atoms with Crippen molar-refractivity contribution in [2.24, 2.45) is 5.92 Å². The number of aliphatic carboxylic acids is 1. The minimum Gasteiger partial charge on any atom is -0.481 e. The number of hydrogen-bond donors (Lipinski definition) is 2. The van der Waals surface area contributed by atoms with Gasteiger partial charge in [-0.05, 0) is 38.0 Å². The lowest BCUT2D eigenvalue weighted by molar-refractivity contribution is -0.137. The number of aliphatic hydroxyl groups excluding tert-OH is 1. The molecule has 0 bridgehead atoms. The first kappa shape index (κ1) is 24.1. The zero-order valence-electron chi connectivity index (χ0n) is 16.4. The molecule has 0 aliphatic rings. The quantitative estimate of drug-likeness (QED) is 0.214. The summed E-state index contributed by atoms with van der Waals surface area (Å²) in [5.74, 6) is -0.882. The Morgan fingerprint density at radius 1 is 0.923 bits per heavy atom. The summed E-state index contributed by atoms with van der Waals surface area (Å²) in [4.78, 5) is 10.5. The molecule has 0 saturated carbocycles. The normalized spacial score (nSPS) is 15.2. The topological polar surface area (TPSA) is 57.5 Å². The number of carboxylic acid groups (broad SMARTS) is 1. The summed E-state index contributed by atoms with van der Waals surface area (Å²) in [7, 11) is 0. The molecule has 0 amide bonds. The Morgan fingerprint density at radius 3 is 2.27 bits per heavy atom. The molecule has 26 heavy (non-hydrogen) atoms. The maximum Gasteiger partial charge on any atom is 0.303 e. The molecule has 0 aromatic carbocycles. The van der Waals surface area contributed by atoms with E-state index in [1.807, 2.05) is 25.2 Å².